The molecule has 1 heterocycles. The number of anilines is 1. The van der Waals surface area contributed by atoms with Gasteiger partial charge in [0.2, 0.25) is 0 Å². The SMILES string of the molecule is COC(=O)c1ccccc1NC(=O)N1CCN(CCc2ccc(OC)cc2)CC1. The van der Waals surface area contributed by atoms with Gasteiger partial charge in [-0.3, -0.25) is 4.90 Å². The molecule has 1 aliphatic heterocycles. The minimum atomic E-state index is -0.468. The highest BCUT2D eigenvalue weighted by atomic mass is 16.5. The van der Waals surface area contributed by atoms with Gasteiger partial charge in [-0.05, 0) is 36.2 Å². The van der Waals surface area contributed by atoms with E-state index in [4.69, 9.17) is 9.47 Å². The quantitative estimate of drug-likeness (QED) is 0.759. The van der Waals surface area contributed by atoms with Crippen molar-refractivity contribution in [1.29, 1.82) is 0 Å². The molecule has 0 unspecified atom stereocenters. The number of para-hydroxylation sites is 1. The van der Waals surface area contributed by atoms with E-state index in [-0.39, 0.29) is 6.03 Å². The maximum atomic E-state index is 12.6. The molecule has 29 heavy (non-hydrogen) atoms. The molecule has 0 atom stereocenters. The van der Waals surface area contributed by atoms with Gasteiger partial charge >= 0.3 is 12.0 Å². The van der Waals surface area contributed by atoms with Gasteiger partial charge in [0.1, 0.15) is 5.75 Å². The molecule has 2 amide bonds. The predicted octanol–water partition coefficient (Wildman–Crippen LogP) is 2.87. The number of piperazine rings is 1. The van der Waals surface area contributed by atoms with Gasteiger partial charge in [0.15, 0.2) is 0 Å². The zero-order valence-electron chi connectivity index (χ0n) is 16.9. The van der Waals surface area contributed by atoms with Crippen molar-refractivity contribution in [3.63, 3.8) is 0 Å². The molecule has 0 saturated carbocycles. The van der Waals surface area contributed by atoms with Crippen LogP contribution < -0.4 is 10.1 Å². The smallest absolute Gasteiger partial charge is 0.339 e. The topological polar surface area (TPSA) is 71.1 Å². The maximum Gasteiger partial charge on any atom is 0.339 e. The van der Waals surface area contributed by atoms with Crippen molar-refractivity contribution in [3.05, 3.63) is 59.7 Å². The lowest BCUT2D eigenvalue weighted by Crippen LogP contribution is -2.50. The third kappa shape index (κ3) is 5.48. The van der Waals surface area contributed by atoms with E-state index in [1.54, 1.807) is 36.3 Å². The van der Waals surface area contributed by atoms with Crippen LogP contribution in [-0.2, 0) is 11.2 Å². The van der Waals surface area contributed by atoms with Crippen molar-refractivity contribution in [2.45, 2.75) is 6.42 Å². The van der Waals surface area contributed by atoms with Gasteiger partial charge in [-0.15, -0.1) is 0 Å². The number of hydrogen-bond donors (Lipinski definition) is 1. The summed E-state index contributed by atoms with van der Waals surface area (Å²) in [7, 11) is 2.99. The predicted molar refractivity (Wildman–Crippen MR) is 112 cm³/mol. The molecule has 3 rings (SSSR count). The molecule has 154 valence electrons. The van der Waals surface area contributed by atoms with Gasteiger partial charge in [-0.1, -0.05) is 24.3 Å². The molecule has 0 aromatic heterocycles. The van der Waals surface area contributed by atoms with Crippen LogP contribution in [0.25, 0.3) is 0 Å². The normalized spacial score (nSPS) is 14.3. The summed E-state index contributed by atoms with van der Waals surface area (Å²) in [6.45, 7) is 3.89. The lowest BCUT2D eigenvalue weighted by Gasteiger charge is -2.34. The number of carbonyl (C=O) groups is 2. The average molecular weight is 397 g/mol. The second-order valence-electron chi connectivity index (χ2n) is 6.89. The molecule has 0 radical (unpaired) electrons. The lowest BCUT2D eigenvalue weighted by molar-refractivity contribution is 0.0602. The second kappa shape index (κ2) is 9.93. The second-order valence-corrected chi connectivity index (χ2v) is 6.89. The van der Waals surface area contributed by atoms with Crippen LogP contribution in [0.15, 0.2) is 48.5 Å². The number of esters is 1. The van der Waals surface area contributed by atoms with Gasteiger partial charge in [-0.25, -0.2) is 9.59 Å². The van der Waals surface area contributed by atoms with Crippen LogP contribution in [-0.4, -0.2) is 68.7 Å². The number of nitrogens with one attached hydrogen (secondary N) is 1. The summed E-state index contributed by atoms with van der Waals surface area (Å²) in [6, 6.07) is 14.8. The van der Waals surface area contributed by atoms with Crippen LogP contribution in [0.5, 0.6) is 5.75 Å². The fourth-order valence-corrected chi connectivity index (χ4v) is 3.33. The number of amides is 2. The Bertz CT molecular complexity index is 830. The third-order valence-electron chi connectivity index (χ3n) is 5.11. The first-order valence-corrected chi connectivity index (χ1v) is 9.69. The van der Waals surface area contributed by atoms with E-state index in [1.165, 1.54) is 12.7 Å². The minimum Gasteiger partial charge on any atom is -0.497 e. The van der Waals surface area contributed by atoms with Crippen molar-refractivity contribution >= 4 is 17.7 Å². The number of ether oxygens (including phenoxy) is 2. The van der Waals surface area contributed by atoms with E-state index in [0.29, 0.717) is 24.3 Å². The molecule has 0 spiro atoms. The van der Waals surface area contributed by atoms with Crippen molar-refractivity contribution in [1.82, 2.24) is 9.80 Å². The van der Waals surface area contributed by atoms with Crippen molar-refractivity contribution in [3.8, 4) is 5.75 Å². The summed E-state index contributed by atoms with van der Waals surface area (Å²) in [6.07, 6.45) is 0.961. The van der Waals surface area contributed by atoms with Gasteiger partial charge in [0, 0.05) is 32.7 Å². The fraction of sp³-hybridized carbons (Fsp3) is 0.364. The Morgan fingerprint density at radius 3 is 2.31 bits per heavy atom. The summed E-state index contributed by atoms with van der Waals surface area (Å²) >= 11 is 0. The van der Waals surface area contributed by atoms with E-state index in [9.17, 15) is 9.59 Å². The standard InChI is InChI=1S/C22H27N3O4/c1-28-18-9-7-17(8-10-18)11-12-24-13-15-25(16-14-24)22(27)23-20-6-4-3-5-19(20)21(26)29-2/h3-10H,11-16H2,1-2H3,(H,23,27). The van der Waals surface area contributed by atoms with Gasteiger partial charge in [0.05, 0.1) is 25.5 Å². The van der Waals surface area contributed by atoms with E-state index < -0.39 is 5.97 Å². The molecular formula is C22H27N3O4. The van der Waals surface area contributed by atoms with Crippen molar-refractivity contribution in [2.24, 2.45) is 0 Å². The van der Waals surface area contributed by atoms with Gasteiger partial charge in [0.25, 0.3) is 0 Å². The average Bonchev–Trinajstić information content (AvgIpc) is 2.78. The lowest BCUT2D eigenvalue weighted by atomic mass is 10.1. The van der Waals surface area contributed by atoms with Crippen LogP contribution in [0.1, 0.15) is 15.9 Å². The van der Waals surface area contributed by atoms with Crippen LogP contribution in [0.4, 0.5) is 10.5 Å². The van der Waals surface area contributed by atoms with Crippen LogP contribution in [0, 0.1) is 0 Å². The number of nitrogens with zero attached hydrogens (tertiary/aromatic N) is 2. The fourth-order valence-electron chi connectivity index (χ4n) is 3.33. The zero-order chi connectivity index (χ0) is 20.6. The molecule has 7 heteroatoms. The third-order valence-corrected chi connectivity index (χ3v) is 5.11. The van der Waals surface area contributed by atoms with Crippen LogP contribution >= 0.6 is 0 Å². The van der Waals surface area contributed by atoms with Gasteiger partial charge < -0.3 is 19.7 Å². The van der Waals surface area contributed by atoms with Crippen LogP contribution in [0.2, 0.25) is 0 Å². The van der Waals surface area contributed by atoms with Gasteiger partial charge in [-0.2, -0.15) is 0 Å². The first-order chi connectivity index (χ1) is 14.1. The maximum absolute atomic E-state index is 12.6. The summed E-state index contributed by atoms with van der Waals surface area (Å²) in [5.74, 6) is 0.395. The monoisotopic (exact) mass is 397 g/mol. The minimum absolute atomic E-state index is 0.198. The Balaban J connectivity index is 1.48. The highest BCUT2D eigenvalue weighted by Crippen LogP contribution is 2.17. The van der Waals surface area contributed by atoms with Crippen molar-refractivity contribution < 1.29 is 19.1 Å². The number of benzene rings is 2. The van der Waals surface area contributed by atoms with Crippen LogP contribution in [0.3, 0.4) is 0 Å². The largest absolute Gasteiger partial charge is 0.497 e. The highest BCUT2D eigenvalue weighted by Gasteiger charge is 2.22. The summed E-state index contributed by atoms with van der Waals surface area (Å²) in [5, 5.41) is 2.83. The first-order valence-electron chi connectivity index (χ1n) is 9.69. The number of urea groups is 1. The van der Waals surface area contributed by atoms with E-state index in [2.05, 4.69) is 22.3 Å². The molecular weight excluding hydrogens is 370 g/mol. The molecule has 1 fully saturated rings. The molecule has 1 N–H and O–H groups in total. The Morgan fingerprint density at radius 1 is 0.966 bits per heavy atom. The molecule has 0 aliphatic carbocycles. The Kier molecular flexibility index (Phi) is 7.08. The first kappa shape index (κ1) is 20.7. The Morgan fingerprint density at radius 2 is 1.66 bits per heavy atom. The Labute approximate surface area is 171 Å². The van der Waals surface area contributed by atoms with E-state index >= 15 is 0 Å². The summed E-state index contributed by atoms with van der Waals surface area (Å²) in [5.41, 5.74) is 2.08. The molecule has 1 saturated heterocycles. The molecule has 2 aromatic rings. The molecule has 7 nitrogen and oxygen atoms in total. The Hall–Kier alpha value is -3.06. The molecule has 1 aliphatic rings. The zero-order valence-corrected chi connectivity index (χ0v) is 16.9. The summed E-state index contributed by atoms with van der Waals surface area (Å²) < 4.78 is 9.96. The number of carbonyl (C=O) groups excluding carboxylic acids is 2. The highest BCUT2D eigenvalue weighted by molar-refractivity contribution is 6.00. The van der Waals surface area contributed by atoms with E-state index in [0.717, 1.165) is 31.8 Å². The number of hydrogen-bond acceptors (Lipinski definition) is 5. The number of methoxy groups -OCH3 is 2. The molecule has 0 bridgehead atoms. The summed E-state index contributed by atoms with van der Waals surface area (Å²) in [4.78, 5) is 28.6. The van der Waals surface area contributed by atoms with Crippen molar-refractivity contribution in [2.75, 3.05) is 52.3 Å². The van der Waals surface area contributed by atoms with E-state index in [1.807, 2.05) is 12.1 Å². The number of rotatable bonds is 6. The molecule has 2 aromatic carbocycles.